The molecule has 0 radical (unpaired) electrons. The van der Waals surface area contributed by atoms with E-state index in [0.29, 0.717) is 18.6 Å². The van der Waals surface area contributed by atoms with Gasteiger partial charge in [0.1, 0.15) is 11.5 Å². The van der Waals surface area contributed by atoms with Crippen molar-refractivity contribution >= 4 is 17.5 Å². The second-order valence-electron chi connectivity index (χ2n) is 4.81. The first kappa shape index (κ1) is 12.0. The van der Waals surface area contributed by atoms with Crippen molar-refractivity contribution in [2.45, 2.75) is 38.1 Å². The lowest BCUT2D eigenvalue weighted by Gasteiger charge is -2.23. The van der Waals surface area contributed by atoms with E-state index < -0.39 is 0 Å². The van der Waals surface area contributed by atoms with Crippen LogP contribution in [0.15, 0.2) is 21.8 Å². The number of carbonyl (C=O) groups excluding carboxylic acids is 2. The molecule has 6 nitrogen and oxygen atoms in total. The zero-order chi connectivity index (χ0) is 13.2. The van der Waals surface area contributed by atoms with Crippen molar-refractivity contribution in [2.24, 2.45) is 5.10 Å². The number of furan rings is 1. The lowest BCUT2D eigenvalue weighted by molar-refractivity contribution is -0.121. The van der Waals surface area contributed by atoms with Gasteiger partial charge < -0.3 is 9.73 Å². The van der Waals surface area contributed by atoms with E-state index in [0.717, 1.165) is 30.6 Å². The van der Waals surface area contributed by atoms with Crippen LogP contribution in [0.2, 0.25) is 0 Å². The van der Waals surface area contributed by atoms with Crippen molar-refractivity contribution in [3.05, 3.63) is 23.7 Å². The molecule has 0 bridgehead atoms. The number of hydrazone groups is 1. The summed E-state index contributed by atoms with van der Waals surface area (Å²) >= 11 is 0. The molecule has 0 spiro atoms. The third-order valence-corrected chi connectivity index (χ3v) is 3.52. The minimum Gasteiger partial charge on any atom is -0.469 e. The van der Waals surface area contributed by atoms with Crippen LogP contribution in [0.3, 0.4) is 0 Å². The molecule has 0 saturated heterocycles. The number of nitrogens with one attached hydrogen (secondary N) is 2. The maximum Gasteiger partial charge on any atom is 0.267 e. The highest BCUT2D eigenvalue weighted by Gasteiger charge is 2.26. The van der Waals surface area contributed by atoms with Crippen molar-refractivity contribution in [3.63, 3.8) is 0 Å². The molecule has 0 fully saturated rings. The molecule has 100 valence electrons. The summed E-state index contributed by atoms with van der Waals surface area (Å²) in [6.45, 7) is 0. The predicted octanol–water partition coefficient (Wildman–Crippen LogP) is 1.04. The normalized spacial score (nSPS) is 22.2. The Hall–Kier alpha value is -2.11. The van der Waals surface area contributed by atoms with E-state index >= 15 is 0 Å². The third kappa shape index (κ3) is 2.38. The van der Waals surface area contributed by atoms with E-state index in [1.165, 1.54) is 0 Å². The molecule has 2 amide bonds. The van der Waals surface area contributed by atoms with Crippen LogP contribution in [0.25, 0.3) is 0 Å². The van der Waals surface area contributed by atoms with Gasteiger partial charge in [0.15, 0.2) is 0 Å². The Bertz CT molecular complexity index is 547. The van der Waals surface area contributed by atoms with Gasteiger partial charge in [-0.3, -0.25) is 9.59 Å². The fourth-order valence-corrected chi connectivity index (χ4v) is 2.52. The average Bonchev–Trinajstić information content (AvgIpc) is 2.89. The number of carbonyl (C=O) groups is 2. The van der Waals surface area contributed by atoms with E-state index in [2.05, 4.69) is 15.8 Å². The number of nitrogens with zero attached hydrogens (tertiary/aromatic N) is 1. The van der Waals surface area contributed by atoms with Gasteiger partial charge in [-0.05, 0) is 18.9 Å². The molecule has 1 unspecified atom stereocenters. The molecule has 2 N–H and O–H groups in total. The molecule has 19 heavy (non-hydrogen) atoms. The molecule has 1 aromatic rings. The molecule has 0 saturated carbocycles. The summed E-state index contributed by atoms with van der Waals surface area (Å²) < 4.78 is 5.39. The van der Waals surface area contributed by atoms with Gasteiger partial charge in [0.2, 0.25) is 5.91 Å². The molecule has 2 heterocycles. The van der Waals surface area contributed by atoms with Crippen molar-refractivity contribution < 1.29 is 14.0 Å². The average molecular weight is 261 g/mol. The van der Waals surface area contributed by atoms with Crippen LogP contribution in [-0.4, -0.2) is 17.5 Å². The molecule has 1 aliphatic carbocycles. The first-order valence-corrected chi connectivity index (χ1v) is 6.46. The lowest BCUT2D eigenvalue weighted by Crippen LogP contribution is -2.39. The largest absolute Gasteiger partial charge is 0.469 e. The van der Waals surface area contributed by atoms with E-state index in [1.807, 2.05) is 6.07 Å². The zero-order valence-electron chi connectivity index (χ0n) is 10.4. The second-order valence-corrected chi connectivity index (χ2v) is 4.81. The highest BCUT2D eigenvalue weighted by Crippen LogP contribution is 2.30. The summed E-state index contributed by atoms with van der Waals surface area (Å²) in [5, 5.41) is 6.77. The minimum absolute atomic E-state index is 0.0182. The number of rotatable bonds is 2. The SMILES string of the molecule is O=C1CCC(C(=O)NC2CCCc3occc32)=NN1. The minimum atomic E-state index is -0.209. The Labute approximate surface area is 110 Å². The number of hydrogen-bond donors (Lipinski definition) is 2. The highest BCUT2D eigenvalue weighted by atomic mass is 16.3. The quantitative estimate of drug-likeness (QED) is 0.834. The first-order valence-electron chi connectivity index (χ1n) is 6.46. The first-order chi connectivity index (χ1) is 9.24. The molecule has 1 aromatic heterocycles. The van der Waals surface area contributed by atoms with Gasteiger partial charge >= 0.3 is 0 Å². The zero-order valence-corrected chi connectivity index (χ0v) is 10.4. The standard InChI is InChI=1S/C13H15N3O3/c17-12-5-4-10(15-16-12)13(18)14-9-2-1-3-11-8(9)6-7-19-11/h6-7,9H,1-5H2,(H,14,18)(H,16,17). The molecular weight excluding hydrogens is 246 g/mol. The fourth-order valence-electron chi connectivity index (χ4n) is 2.52. The third-order valence-electron chi connectivity index (χ3n) is 3.52. The van der Waals surface area contributed by atoms with Crippen molar-refractivity contribution in [3.8, 4) is 0 Å². The highest BCUT2D eigenvalue weighted by molar-refractivity contribution is 6.39. The van der Waals surface area contributed by atoms with Crippen LogP contribution in [0.5, 0.6) is 0 Å². The Balaban J connectivity index is 1.70. The summed E-state index contributed by atoms with van der Waals surface area (Å²) in [5.74, 6) is 0.598. The molecule has 0 aromatic carbocycles. The molecule has 6 heteroatoms. The molecule has 1 aliphatic heterocycles. The van der Waals surface area contributed by atoms with Gasteiger partial charge in [0, 0.05) is 24.8 Å². The number of hydrogen-bond acceptors (Lipinski definition) is 4. The van der Waals surface area contributed by atoms with Crippen LogP contribution in [0.1, 0.15) is 43.0 Å². The van der Waals surface area contributed by atoms with Gasteiger partial charge in [0.05, 0.1) is 12.3 Å². The summed E-state index contributed by atoms with van der Waals surface area (Å²) in [4.78, 5) is 23.1. The second kappa shape index (κ2) is 4.87. The Morgan fingerprint density at radius 3 is 3.11 bits per heavy atom. The Morgan fingerprint density at radius 1 is 1.42 bits per heavy atom. The van der Waals surface area contributed by atoms with Crippen LogP contribution in [0, 0.1) is 0 Å². The van der Waals surface area contributed by atoms with Crippen LogP contribution in [-0.2, 0) is 16.0 Å². The summed E-state index contributed by atoms with van der Waals surface area (Å²) in [6.07, 6.45) is 5.18. The number of aryl methyl sites for hydroxylation is 1. The summed E-state index contributed by atoms with van der Waals surface area (Å²) in [6, 6.07) is 1.89. The molecular formula is C13H15N3O3. The van der Waals surface area contributed by atoms with E-state index in [1.54, 1.807) is 6.26 Å². The maximum atomic E-state index is 12.1. The Kier molecular flexibility index (Phi) is 3.06. The van der Waals surface area contributed by atoms with Crippen molar-refractivity contribution in [1.29, 1.82) is 0 Å². The van der Waals surface area contributed by atoms with Gasteiger partial charge in [0.25, 0.3) is 5.91 Å². The number of amides is 2. The predicted molar refractivity (Wildman–Crippen MR) is 67.3 cm³/mol. The lowest BCUT2D eigenvalue weighted by atomic mass is 9.93. The van der Waals surface area contributed by atoms with Crippen LogP contribution in [0.4, 0.5) is 0 Å². The van der Waals surface area contributed by atoms with E-state index in [9.17, 15) is 9.59 Å². The van der Waals surface area contributed by atoms with Crippen molar-refractivity contribution in [1.82, 2.24) is 10.7 Å². The van der Waals surface area contributed by atoms with Gasteiger partial charge in [-0.15, -0.1) is 0 Å². The Morgan fingerprint density at radius 2 is 2.32 bits per heavy atom. The van der Waals surface area contributed by atoms with Crippen LogP contribution >= 0.6 is 0 Å². The number of fused-ring (bicyclic) bond motifs is 1. The van der Waals surface area contributed by atoms with Crippen LogP contribution < -0.4 is 10.7 Å². The molecule has 3 rings (SSSR count). The van der Waals surface area contributed by atoms with Gasteiger partial charge in [-0.2, -0.15) is 5.10 Å². The van der Waals surface area contributed by atoms with E-state index in [4.69, 9.17) is 4.42 Å². The molecule has 1 atom stereocenters. The smallest absolute Gasteiger partial charge is 0.267 e. The van der Waals surface area contributed by atoms with Gasteiger partial charge in [-0.1, -0.05) is 0 Å². The van der Waals surface area contributed by atoms with Crippen molar-refractivity contribution in [2.75, 3.05) is 0 Å². The topological polar surface area (TPSA) is 83.7 Å². The molecule has 2 aliphatic rings. The maximum absolute atomic E-state index is 12.1. The summed E-state index contributed by atoms with van der Waals surface area (Å²) in [7, 11) is 0. The van der Waals surface area contributed by atoms with E-state index in [-0.39, 0.29) is 17.9 Å². The monoisotopic (exact) mass is 261 g/mol. The van der Waals surface area contributed by atoms with Gasteiger partial charge in [-0.25, -0.2) is 5.43 Å². The summed E-state index contributed by atoms with van der Waals surface area (Å²) in [5.41, 5.74) is 3.77. The fraction of sp³-hybridized carbons (Fsp3) is 0.462.